The number of benzene rings is 1. The summed E-state index contributed by atoms with van der Waals surface area (Å²) < 4.78 is 11.3. The largest absolute Gasteiger partial charge is 0.493 e. The third-order valence-electron chi connectivity index (χ3n) is 3.54. The maximum atomic E-state index is 11.1. The van der Waals surface area contributed by atoms with Gasteiger partial charge in [0.05, 0.1) is 25.3 Å². The number of methoxy groups -OCH3 is 1. The van der Waals surface area contributed by atoms with Gasteiger partial charge in [-0.25, -0.2) is 0 Å². The maximum Gasteiger partial charge on any atom is 0.307 e. The standard InChI is InChI=1S/C18H23NO4/c1-10(2)18-14-8-15(22-5)16(23-11(3)4)7-13(14)12(9-19-18)6-17(20)21/h7-11H,6H2,1-5H3,(H,20,21). The van der Waals surface area contributed by atoms with E-state index in [-0.39, 0.29) is 18.4 Å². The van der Waals surface area contributed by atoms with Gasteiger partial charge in [0.1, 0.15) is 0 Å². The number of rotatable bonds is 6. The maximum absolute atomic E-state index is 11.1. The van der Waals surface area contributed by atoms with Crippen LogP contribution >= 0.6 is 0 Å². The average Bonchev–Trinajstić information content (AvgIpc) is 2.45. The lowest BCUT2D eigenvalue weighted by atomic mass is 9.97. The summed E-state index contributed by atoms with van der Waals surface area (Å²) >= 11 is 0. The Morgan fingerprint density at radius 1 is 1.17 bits per heavy atom. The van der Waals surface area contributed by atoms with Gasteiger partial charge in [-0.3, -0.25) is 9.78 Å². The molecule has 0 fully saturated rings. The van der Waals surface area contributed by atoms with Gasteiger partial charge in [0, 0.05) is 11.6 Å². The minimum atomic E-state index is -0.882. The molecule has 0 saturated heterocycles. The molecule has 1 aromatic heterocycles. The summed E-state index contributed by atoms with van der Waals surface area (Å²) in [5.74, 6) is 0.579. The van der Waals surface area contributed by atoms with E-state index in [4.69, 9.17) is 14.6 Å². The quantitative estimate of drug-likeness (QED) is 0.878. The molecule has 124 valence electrons. The first-order valence-corrected chi connectivity index (χ1v) is 7.71. The fourth-order valence-electron chi connectivity index (χ4n) is 2.59. The molecule has 0 radical (unpaired) electrons. The Morgan fingerprint density at radius 3 is 2.35 bits per heavy atom. The van der Waals surface area contributed by atoms with Crippen molar-refractivity contribution in [2.24, 2.45) is 0 Å². The number of aliphatic carboxylic acids is 1. The van der Waals surface area contributed by atoms with Gasteiger partial charge in [-0.1, -0.05) is 13.8 Å². The van der Waals surface area contributed by atoms with Crippen LogP contribution in [0.3, 0.4) is 0 Å². The summed E-state index contributed by atoms with van der Waals surface area (Å²) in [5.41, 5.74) is 1.59. The Labute approximate surface area is 136 Å². The SMILES string of the molecule is COc1cc2c(C(C)C)ncc(CC(=O)O)c2cc1OC(C)C. The van der Waals surface area contributed by atoms with Gasteiger partial charge >= 0.3 is 5.97 Å². The fraction of sp³-hybridized carbons (Fsp3) is 0.444. The lowest BCUT2D eigenvalue weighted by Gasteiger charge is -2.18. The van der Waals surface area contributed by atoms with Crippen LogP contribution in [0.2, 0.25) is 0 Å². The summed E-state index contributed by atoms with van der Waals surface area (Å²) in [6.45, 7) is 8.00. The molecule has 5 heteroatoms. The lowest BCUT2D eigenvalue weighted by Crippen LogP contribution is -2.08. The molecule has 23 heavy (non-hydrogen) atoms. The van der Waals surface area contributed by atoms with Gasteiger partial charge in [-0.2, -0.15) is 0 Å². The van der Waals surface area contributed by atoms with E-state index in [0.29, 0.717) is 17.1 Å². The molecule has 0 spiro atoms. The van der Waals surface area contributed by atoms with Crippen LogP contribution in [-0.2, 0) is 11.2 Å². The molecule has 0 saturated carbocycles. The van der Waals surface area contributed by atoms with Crippen molar-refractivity contribution in [2.75, 3.05) is 7.11 Å². The van der Waals surface area contributed by atoms with Crippen LogP contribution in [0.1, 0.15) is 44.9 Å². The highest BCUT2D eigenvalue weighted by molar-refractivity contribution is 5.92. The van der Waals surface area contributed by atoms with Crippen molar-refractivity contribution in [3.63, 3.8) is 0 Å². The predicted molar refractivity (Wildman–Crippen MR) is 89.5 cm³/mol. The van der Waals surface area contributed by atoms with E-state index < -0.39 is 5.97 Å². The van der Waals surface area contributed by atoms with Gasteiger partial charge in [0.15, 0.2) is 11.5 Å². The number of carboxylic acid groups (broad SMARTS) is 1. The number of aromatic nitrogens is 1. The highest BCUT2D eigenvalue weighted by Gasteiger charge is 2.17. The summed E-state index contributed by atoms with van der Waals surface area (Å²) in [6.07, 6.45) is 1.57. The van der Waals surface area contributed by atoms with Gasteiger partial charge < -0.3 is 14.6 Å². The minimum absolute atomic E-state index is 0.00400. The zero-order chi connectivity index (χ0) is 17.1. The summed E-state index contributed by atoms with van der Waals surface area (Å²) in [4.78, 5) is 15.6. The number of hydrogen-bond donors (Lipinski definition) is 1. The van der Waals surface area contributed by atoms with Crippen molar-refractivity contribution in [1.82, 2.24) is 4.98 Å². The van der Waals surface area contributed by atoms with E-state index in [1.807, 2.05) is 26.0 Å². The monoisotopic (exact) mass is 317 g/mol. The molecule has 1 heterocycles. The van der Waals surface area contributed by atoms with E-state index >= 15 is 0 Å². The first kappa shape index (κ1) is 17.1. The molecule has 2 rings (SSSR count). The van der Waals surface area contributed by atoms with Crippen LogP contribution in [0.15, 0.2) is 18.3 Å². The molecule has 0 amide bonds. The zero-order valence-corrected chi connectivity index (χ0v) is 14.2. The lowest BCUT2D eigenvalue weighted by molar-refractivity contribution is -0.136. The molecule has 0 aliphatic carbocycles. The van der Waals surface area contributed by atoms with E-state index in [2.05, 4.69) is 18.8 Å². The van der Waals surface area contributed by atoms with Crippen molar-refractivity contribution in [3.8, 4) is 11.5 Å². The van der Waals surface area contributed by atoms with Crippen molar-refractivity contribution >= 4 is 16.7 Å². The number of pyridine rings is 1. The summed E-state index contributed by atoms with van der Waals surface area (Å²) in [7, 11) is 1.60. The fourth-order valence-corrected chi connectivity index (χ4v) is 2.59. The average molecular weight is 317 g/mol. The highest BCUT2D eigenvalue weighted by Crippen LogP contribution is 2.37. The number of carbonyl (C=O) groups is 1. The Hall–Kier alpha value is -2.30. The van der Waals surface area contributed by atoms with Crippen molar-refractivity contribution in [3.05, 3.63) is 29.6 Å². The van der Waals surface area contributed by atoms with Gasteiger partial charge in [0.2, 0.25) is 0 Å². The first-order chi connectivity index (χ1) is 10.8. The van der Waals surface area contributed by atoms with Crippen LogP contribution in [0.4, 0.5) is 0 Å². The molecule has 0 unspecified atom stereocenters. The highest BCUT2D eigenvalue weighted by atomic mass is 16.5. The second-order valence-corrected chi connectivity index (χ2v) is 6.11. The minimum Gasteiger partial charge on any atom is -0.493 e. The van der Waals surface area contributed by atoms with Crippen LogP contribution in [0.25, 0.3) is 10.8 Å². The smallest absolute Gasteiger partial charge is 0.307 e. The molecule has 1 aromatic carbocycles. The molecule has 5 nitrogen and oxygen atoms in total. The van der Waals surface area contributed by atoms with Crippen LogP contribution < -0.4 is 9.47 Å². The van der Waals surface area contributed by atoms with Crippen molar-refractivity contribution < 1.29 is 19.4 Å². The molecule has 0 atom stereocenters. The Morgan fingerprint density at radius 2 is 1.83 bits per heavy atom. The molecule has 1 N–H and O–H groups in total. The molecular formula is C18H23NO4. The molecule has 0 bridgehead atoms. The van der Waals surface area contributed by atoms with Gasteiger partial charge in [-0.05, 0) is 42.8 Å². The second-order valence-electron chi connectivity index (χ2n) is 6.11. The normalized spacial score (nSPS) is 11.3. The van der Waals surface area contributed by atoms with Gasteiger partial charge in [-0.15, -0.1) is 0 Å². The number of ether oxygens (including phenoxy) is 2. The van der Waals surface area contributed by atoms with E-state index in [9.17, 15) is 4.79 Å². The van der Waals surface area contributed by atoms with Crippen LogP contribution in [0.5, 0.6) is 11.5 Å². The Balaban J connectivity index is 2.74. The molecular weight excluding hydrogens is 294 g/mol. The third-order valence-corrected chi connectivity index (χ3v) is 3.54. The zero-order valence-electron chi connectivity index (χ0n) is 14.2. The second kappa shape index (κ2) is 6.86. The van der Waals surface area contributed by atoms with E-state index in [1.54, 1.807) is 13.3 Å². The number of hydrogen-bond acceptors (Lipinski definition) is 4. The van der Waals surface area contributed by atoms with Crippen LogP contribution in [-0.4, -0.2) is 29.3 Å². The topological polar surface area (TPSA) is 68.7 Å². The summed E-state index contributed by atoms with van der Waals surface area (Å²) in [6, 6.07) is 3.75. The van der Waals surface area contributed by atoms with Crippen LogP contribution in [0, 0.1) is 0 Å². The number of nitrogens with zero attached hydrogens (tertiary/aromatic N) is 1. The summed E-state index contributed by atoms with van der Waals surface area (Å²) in [5, 5.41) is 10.9. The third kappa shape index (κ3) is 3.73. The first-order valence-electron chi connectivity index (χ1n) is 7.71. The van der Waals surface area contributed by atoms with E-state index in [1.165, 1.54) is 0 Å². The van der Waals surface area contributed by atoms with Crippen molar-refractivity contribution in [2.45, 2.75) is 46.1 Å². The molecule has 2 aromatic rings. The van der Waals surface area contributed by atoms with Gasteiger partial charge in [0.25, 0.3) is 0 Å². The predicted octanol–water partition coefficient (Wildman–Crippen LogP) is 3.78. The molecule has 0 aliphatic heterocycles. The number of fused-ring (bicyclic) bond motifs is 1. The number of carboxylic acids is 1. The van der Waals surface area contributed by atoms with E-state index in [0.717, 1.165) is 16.5 Å². The Bertz CT molecular complexity index is 723. The Kier molecular flexibility index (Phi) is 5.08. The molecule has 0 aliphatic rings. The van der Waals surface area contributed by atoms with Crippen molar-refractivity contribution in [1.29, 1.82) is 0 Å².